The van der Waals surface area contributed by atoms with Crippen LogP contribution in [0.2, 0.25) is 0 Å². The molecule has 0 N–H and O–H groups in total. The van der Waals surface area contributed by atoms with Gasteiger partial charge in [0.15, 0.2) is 0 Å². The summed E-state index contributed by atoms with van der Waals surface area (Å²) >= 11 is 1.61. The van der Waals surface area contributed by atoms with Gasteiger partial charge in [0.1, 0.15) is 11.3 Å². The number of amides is 1. The first-order valence-corrected chi connectivity index (χ1v) is 10.8. The third-order valence-electron chi connectivity index (χ3n) is 5.55. The Hall–Kier alpha value is -2.28. The zero-order valence-corrected chi connectivity index (χ0v) is 17.6. The predicted octanol–water partition coefficient (Wildman–Crippen LogP) is 3.82. The van der Waals surface area contributed by atoms with Gasteiger partial charge in [-0.2, -0.15) is 9.61 Å². The van der Waals surface area contributed by atoms with Crippen LogP contribution in [0.15, 0.2) is 30.6 Å². The van der Waals surface area contributed by atoms with Crippen LogP contribution >= 0.6 is 11.3 Å². The fourth-order valence-electron chi connectivity index (χ4n) is 3.70. The summed E-state index contributed by atoms with van der Waals surface area (Å²) in [5.41, 5.74) is 2.72. The van der Waals surface area contributed by atoms with E-state index in [1.165, 1.54) is 11.1 Å². The Morgan fingerprint density at radius 1 is 1.18 bits per heavy atom. The standard InChI is InChI=1S/C21H27N5OS/c1-21(2,3)17-7-4-15(5-8-17)6-9-18(27)25-12-10-16(11-13-25)19-24-26-14-22-23-20(26)28-19/h4-5,7-8,14,16H,6,9-13H2,1-3H3. The van der Waals surface area contributed by atoms with Crippen molar-refractivity contribution in [3.8, 4) is 0 Å². The summed E-state index contributed by atoms with van der Waals surface area (Å²) in [6.45, 7) is 8.28. The SMILES string of the molecule is CC(C)(C)c1ccc(CCC(=O)N2CCC(c3nn4cnnc4s3)CC2)cc1. The smallest absolute Gasteiger partial charge is 0.234 e. The van der Waals surface area contributed by atoms with Crippen LogP contribution in [-0.4, -0.2) is 43.7 Å². The number of hydrogen-bond acceptors (Lipinski definition) is 5. The van der Waals surface area contributed by atoms with E-state index in [4.69, 9.17) is 0 Å². The summed E-state index contributed by atoms with van der Waals surface area (Å²) in [6.07, 6.45) is 4.96. The van der Waals surface area contributed by atoms with Crippen LogP contribution in [0.25, 0.3) is 4.96 Å². The Kier molecular flexibility index (Phi) is 5.19. The molecule has 0 saturated carbocycles. The van der Waals surface area contributed by atoms with Gasteiger partial charge < -0.3 is 4.90 Å². The monoisotopic (exact) mass is 397 g/mol. The third kappa shape index (κ3) is 4.09. The van der Waals surface area contributed by atoms with Crippen LogP contribution in [-0.2, 0) is 16.6 Å². The van der Waals surface area contributed by atoms with Crippen LogP contribution in [0.5, 0.6) is 0 Å². The minimum absolute atomic E-state index is 0.162. The molecule has 0 bridgehead atoms. The highest BCUT2D eigenvalue weighted by Gasteiger charge is 2.26. The van der Waals surface area contributed by atoms with E-state index in [0.717, 1.165) is 42.3 Å². The van der Waals surface area contributed by atoms with Gasteiger partial charge in [-0.1, -0.05) is 56.4 Å². The first-order chi connectivity index (χ1) is 13.4. The summed E-state index contributed by atoms with van der Waals surface area (Å²) in [5.74, 6) is 0.678. The minimum atomic E-state index is 0.162. The average molecular weight is 398 g/mol. The second kappa shape index (κ2) is 7.62. The number of rotatable bonds is 4. The molecule has 1 aromatic carbocycles. The maximum atomic E-state index is 12.6. The van der Waals surface area contributed by atoms with E-state index in [1.807, 2.05) is 4.90 Å². The Bertz CT molecular complexity index is 917. The summed E-state index contributed by atoms with van der Waals surface area (Å²) < 4.78 is 1.74. The maximum absolute atomic E-state index is 12.6. The normalized spacial score (nSPS) is 16.0. The fourth-order valence-corrected chi connectivity index (χ4v) is 4.68. The molecule has 0 radical (unpaired) electrons. The molecule has 0 aliphatic carbocycles. The second-order valence-corrected chi connectivity index (χ2v) is 9.59. The predicted molar refractivity (Wildman–Crippen MR) is 111 cm³/mol. The van der Waals surface area contributed by atoms with Crippen molar-refractivity contribution in [1.82, 2.24) is 24.7 Å². The van der Waals surface area contributed by atoms with Crippen molar-refractivity contribution in [1.29, 1.82) is 0 Å². The molecule has 1 saturated heterocycles. The van der Waals surface area contributed by atoms with Gasteiger partial charge in [0.05, 0.1) is 0 Å². The second-order valence-electron chi connectivity index (χ2n) is 8.60. The van der Waals surface area contributed by atoms with Gasteiger partial charge in [0, 0.05) is 25.4 Å². The third-order valence-corrected chi connectivity index (χ3v) is 6.62. The minimum Gasteiger partial charge on any atom is -0.343 e. The molecule has 3 aromatic rings. The number of carbonyl (C=O) groups excluding carboxylic acids is 1. The maximum Gasteiger partial charge on any atom is 0.234 e. The Balaban J connectivity index is 1.27. The molecule has 1 fully saturated rings. The van der Waals surface area contributed by atoms with E-state index in [1.54, 1.807) is 22.2 Å². The molecule has 1 aliphatic rings. The largest absolute Gasteiger partial charge is 0.343 e. The number of aromatic nitrogens is 4. The molecule has 1 amide bonds. The highest BCUT2D eigenvalue weighted by Crippen LogP contribution is 2.31. The number of hydrogen-bond donors (Lipinski definition) is 0. The lowest BCUT2D eigenvalue weighted by Crippen LogP contribution is -2.38. The van der Waals surface area contributed by atoms with Crippen molar-refractivity contribution in [3.05, 3.63) is 46.7 Å². The van der Waals surface area contributed by atoms with Crippen LogP contribution in [0.1, 0.15) is 62.1 Å². The number of piperidine rings is 1. The van der Waals surface area contributed by atoms with E-state index in [9.17, 15) is 4.79 Å². The van der Waals surface area contributed by atoms with Gasteiger partial charge in [-0.3, -0.25) is 4.79 Å². The van der Waals surface area contributed by atoms with Crippen molar-refractivity contribution in [2.24, 2.45) is 0 Å². The molecule has 148 valence electrons. The lowest BCUT2D eigenvalue weighted by atomic mass is 9.86. The van der Waals surface area contributed by atoms with Crippen molar-refractivity contribution in [2.45, 2.75) is 57.8 Å². The number of aryl methyl sites for hydroxylation is 1. The van der Waals surface area contributed by atoms with Crippen LogP contribution in [0.3, 0.4) is 0 Å². The topological polar surface area (TPSA) is 63.4 Å². The number of benzene rings is 1. The summed E-state index contributed by atoms with van der Waals surface area (Å²) in [7, 11) is 0. The van der Waals surface area contributed by atoms with Crippen LogP contribution in [0, 0.1) is 0 Å². The molecular formula is C21H27N5OS. The zero-order valence-electron chi connectivity index (χ0n) is 16.8. The summed E-state index contributed by atoms with van der Waals surface area (Å²) in [6, 6.07) is 8.69. The highest BCUT2D eigenvalue weighted by atomic mass is 32.1. The molecule has 0 spiro atoms. The Morgan fingerprint density at radius 2 is 1.89 bits per heavy atom. The molecule has 4 rings (SSSR count). The van der Waals surface area contributed by atoms with Gasteiger partial charge in [-0.05, 0) is 35.8 Å². The van der Waals surface area contributed by atoms with Gasteiger partial charge in [-0.25, -0.2) is 0 Å². The quantitative estimate of drug-likeness (QED) is 0.671. The van der Waals surface area contributed by atoms with Crippen molar-refractivity contribution in [3.63, 3.8) is 0 Å². The average Bonchev–Trinajstić information content (AvgIpc) is 3.28. The molecule has 0 unspecified atom stereocenters. The lowest BCUT2D eigenvalue weighted by Gasteiger charge is -2.31. The van der Waals surface area contributed by atoms with Crippen molar-refractivity contribution >= 4 is 22.2 Å². The summed E-state index contributed by atoms with van der Waals surface area (Å²) in [5, 5.41) is 13.6. The van der Waals surface area contributed by atoms with Gasteiger partial charge >= 0.3 is 0 Å². The lowest BCUT2D eigenvalue weighted by molar-refractivity contribution is -0.132. The van der Waals surface area contributed by atoms with Gasteiger partial charge in [0.2, 0.25) is 10.9 Å². The van der Waals surface area contributed by atoms with Crippen LogP contribution in [0.4, 0.5) is 0 Å². The molecule has 2 aromatic heterocycles. The molecule has 3 heterocycles. The molecule has 28 heavy (non-hydrogen) atoms. The Morgan fingerprint density at radius 3 is 2.54 bits per heavy atom. The van der Waals surface area contributed by atoms with E-state index in [-0.39, 0.29) is 11.3 Å². The van der Waals surface area contributed by atoms with E-state index in [0.29, 0.717) is 12.3 Å². The van der Waals surface area contributed by atoms with E-state index >= 15 is 0 Å². The van der Waals surface area contributed by atoms with Crippen molar-refractivity contribution < 1.29 is 4.79 Å². The molecular weight excluding hydrogens is 370 g/mol. The first-order valence-electron chi connectivity index (χ1n) is 9.94. The highest BCUT2D eigenvalue weighted by molar-refractivity contribution is 7.16. The summed E-state index contributed by atoms with van der Waals surface area (Å²) in [4.78, 5) is 15.5. The number of carbonyl (C=O) groups is 1. The van der Waals surface area contributed by atoms with E-state index in [2.05, 4.69) is 60.3 Å². The van der Waals surface area contributed by atoms with E-state index < -0.39 is 0 Å². The van der Waals surface area contributed by atoms with Gasteiger partial charge in [-0.15, -0.1) is 10.2 Å². The fraction of sp³-hybridized carbons (Fsp3) is 0.524. The molecule has 7 heteroatoms. The Labute approximate surface area is 169 Å². The zero-order chi connectivity index (χ0) is 19.7. The van der Waals surface area contributed by atoms with Gasteiger partial charge in [0.25, 0.3) is 0 Å². The molecule has 1 aliphatic heterocycles. The van der Waals surface area contributed by atoms with Crippen molar-refractivity contribution in [2.75, 3.05) is 13.1 Å². The number of nitrogens with zero attached hydrogens (tertiary/aromatic N) is 5. The number of fused-ring (bicyclic) bond motifs is 1. The molecule has 0 atom stereocenters. The molecule has 6 nitrogen and oxygen atoms in total. The van der Waals surface area contributed by atoms with Crippen LogP contribution < -0.4 is 0 Å². The number of likely N-dealkylation sites (tertiary alicyclic amines) is 1. The first kappa shape index (κ1) is 19.1.